The van der Waals surface area contributed by atoms with E-state index in [2.05, 4.69) is 10.1 Å². The van der Waals surface area contributed by atoms with E-state index in [1.165, 1.54) is 0 Å². The van der Waals surface area contributed by atoms with E-state index in [9.17, 15) is 0 Å². The molecule has 0 aliphatic carbocycles. The molecule has 5 heteroatoms. The van der Waals surface area contributed by atoms with Crippen LogP contribution in [-0.4, -0.2) is 21.4 Å². The summed E-state index contributed by atoms with van der Waals surface area (Å²) in [6.45, 7) is 6.37. The summed E-state index contributed by atoms with van der Waals surface area (Å²) < 4.78 is 7.14. The molecular formula is C12H16N4O. The molecule has 90 valence electrons. The van der Waals surface area contributed by atoms with Gasteiger partial charge in [0.05, 0.1) is 18.0 Å². The van der Waals surface area contributed by atoms with Crippen molar-refractivity contribution >= 4 is 5.69 Å². The van der Waals surface area contributed by atoms with Crippen LogP contribution in [-0.2, 0) is 0 Å². The van der Waals surface area contributed by atoms with Crippen LogP contribution < -0.4 is 10.5 Å². The largest absolute Gasteiger partial charge is 0.476 e. The Morgan fingerprint density at radius 1 is 1.35 bits per heavy atom. The fraction of sp³-hybridized carbons (Fsp3) is 0.333. The van der Waals surface area contributed by atoms with Gasteiger partial charge in [-0.15, -0.1) is 0 Å². The van der Waals surface area contributed by atoms with Gasteiger partial charge < -0.3 is 10.5 Å². The minimum Gasteiger partial charge on any atom is -0.476 e. The minimum absolute atomic E-state index is 0.456. The maximum atomic E-state index is 5.78. The first-order chi connectivity index (χ1) is 8.11. The van der Waals surface area contributed by atoms with Crippen molar-refractivity contribution in [1.29, 1.82) is 0 Å². The number of nitrogen functional groups attached to an aromatic ring is 1. The molecule has 0 saturated carbocycles. The molecular weight excluding hydrogens is 216 g/mol. The van der Waals surface area contributed by atoms with Gasteiger partial charge in [0.1, 0.15) is 0 Å². The van der Waals surface area contributed by atoms with Crippen molar-refractivity contribution in [3.05, 3.63) is 29.6 Å². The molecule has 2 heterocycles. The number of rotatable bonds is 3. The lowest BCUT2D eigenvalue weighted by atomic mass is 10.4. The van der Waals surface area contributed by atoms with Crippen LogP contribution in [0.2, 0.25) is 0 Å². The summed E-state index contributed by atoms with van der Waals surface area (Å²) in [5.74, 6) is 1.17. The second kappa shape index (κ2) is 4.45. The Morgan fingerprint density at radius 3 is 2.71 bits per heavy atom. The van der Waals surface area contributed by atoms with E-state index in [0.717, 1.165) is 11.4 Å². The van der Waals surface area contributed by atoms with Crippen LogP contribution in [0.15, 0.2) is 18.2 Å². The topological polar surface area (TPSA) is 66.0 Å². The zero-order chi connectivity index (χ0) is 12.4. The van der Waals surface area contributed by atoms with Gasteiger partial charge in [-0.1, -0.05) is 0 Å². The number of hydrogen-bond acceptors (Lipinski definition) is 4. The number of anilines is 1. The SMILES string of the molecule is CCOc1nc(-n2nc(C)cc2C)ccc1N. The highest BCUT2D eigenvalue weighted by Gasteiger charge is 2.08. The maximum absolute atomic E-state index is 5.78. The predicted molar refractivity (Wildman–Crippen MR) is 66.4 cm³/mol. The first-order valence-electron chi connectivity index (χ1n) is 5.54. The normalized spacial score (nSPS) is 10.5. The highest BCUT2D eigenvalue weighted by atomic mass is 16.5. The molecule has 0 unspecified atom stereocenters. The Hall–Kier alpha value is -2.04. The van der Waals surface area contributed by atoms with Crippen molar-refractivity contribution in [2.24, 2.45) is 0 Å². The third kappa shape index (κ3) is 2.22. The quantitative estimate of drug-likeness (QED) is 0.877. The van der Waals surface area contributed by atoms with Gasteiger partial charge in [0, 0.05) is 5.69 Å². The van der Waals surface area contributed by atoms with Crippen molar-refractivity contribution in [2.45, 2.75) is 20.8 Å². The molecule has 0 spiro atoms. The first kappa shape index (κ1) is 11.4. The van der Waals surface area contributed by atoms with Crippen molar-refractivity contribution in [3.8, 4) is 11.7 Å². The lowest BCUT2D eigenvalue weighted by Crippen LogP contribution is -2.06. The Labute approximate surface area is 100 Å². The van der Waals surface area contributed by atoms with Crippen LogP contribution in [0.4, 0.5) is 5.69 Å². The first-order valence-corrected chi connectivity index (χ1v) is 5.54. The number of hydrogen-bond donors (Lipinski definition) is 1. The third-order valence-corrected chi connectivity index (χ3v) is 2.38. The average Bonchev–Trinajstić information content (AvgIpc) is 2.61. The lowest BCUT2D eigenvalue weighted by Gasteiger charge is -2.08. The molecule has 2 N–H and O–H groups in total. The summed E-state index contributed by atoms with van der Waals surface area (Å²) in [6, 6.07) is 5.61. The summed E-state index contributed by atoms with van der Waals surface area (Å²) >= 11 is 0. The van der Waals surface area contributed by atoms with Crippen molar-refractivity contribution in [2.75, 3.05) is 12.3 Å². The summed E-state index contributed by atoms with van der Waals surface area (Å²) in [5.41, 5.74) is 8.31. The average molecular weight is 232 g/mol. The van der Waals surface area contributed by atoms with Crippen LogP contribution >= 0.6 is 0 Å². The van der Waals surface area contributed by atoms with Gasteiger partial charge in [0.2, 0.25) is 5.88 Å². The smallest absolute Gasteiger partial charge is 0.239 e. The van der Waals surface area contributed by atoms with Crippen LogP contribution in [0.5, 0.6) is 5.88 Å². The van der Waals surface area contributed by atoms with E-state index in [-0.39, 0.29) is 0 Å². The number of aryl methyl sites for hydroxylation is 2. The van der Waals surface area contributed by atoms with E-state index in [1.54, 1.807) is 10.7 Å². The summed E-state index contributed by atoms with van der Waals surface area (Å²) in [6.07, 6.45) is 0. The van der Waals surface area contributed by atoms with Crippen LogP contribution in [0.1, 0.15) is 18.3 Å². The predicted octanol–water partition coefficient (Wildman–Crippen LogP) is 1.87. The van der Waals surface area contributed by atoms with Gasteiger partial charge >= 0.3 is 0 Å². The van der Waals surface area contributed by atoms with Crippen molar-refractivity contribution in [3.63, 3.8) is 0 Å². The minimum atomic E-state index is 0.456. The molecule has 2 rings (SSSR count). The van der Waals surface area contributed by atoms with Crippen molar-refractivity contribution in [1.82, 2.24) is 14.8 Å². The molecule has 0 saturated heterocycles. The summed E-state index contributed by atoms with van der Waals surface area (Å²) in [5, 5.41) is 4.37. The van der Waals surface area contributed by atoms with E-state index in [4.69, 9.17) is 10.5 Å². The number of nitrogens with two attached hydrogens (primary N) is 1. The number of ether oxygens (including phenoxy) is 1. The Morgan fingerprint density at radius 2 is 2.12 bits per heavy atom. The monoisotopic (exact) mass is 232 g/mol. The molecule has 0 bridgehead atoms. The fourth-order valence-electron chi connectivity index (χ4n) is 1.67. The molecule has 0 fully saturated rings. The zero-order valence-electron chi connectivity index (χ0n) is 10.3. The van der Waals surface area contributed by atoms with Crippen molar-refractivity contribution < 1.29 is 4.74 Å². The van der Waals surface area contributed by atoms with Crippen LogP contribution in [0, 0.1) is 13.8 Å². The van der Waals surface area contributed by atoms with Crippen LogP contribution in [0.25, 0.3) is 5.82 Å². The fourth-order valence-corrected chi connectivity index (χ4v) is 1.67. The highest BCUT2D eigenvalue weighted by Crippen LogP contribution is 2.21. The number of pyridine rings is 1. The van der Waals surface area contributed by atoms with E-state index < -0.39 is 0 Å². The van der Waals surface area contributed by atoms with E-state index in [1.807, 2.05) is 32.9 Å². The second-order valence-corrected chi connectivity index (χ2v) is 3.84. The summed E-state index contributed by atoms with van der Waals surface area (Å²) in [4.78, 5) is 4.36. The molecule has 17 heavy (non-hydrogen) atoms. The molecule has 0 aromatic carbocycles. The van der Waals surface area contributed by atoms with E-state index >= 15 is 0 Å². The number of nitrogens with zero attached hydrogens (tertiary/aromatic N) is 3. The number of aromatic nitrogens is 3. The molecule has 2 aromatic heterocycles. The highest BCUT2D eigenvalue weighted by molar-refractivity contribution is 5.50. The molecule has 0 atom stereocenters. The molecule has 5 nitrogen and oxygen atoms in total. The van der Waals surface area contributed by atoms with Gasteiger partial charge in [-0.3, -0.25) is 0 Å². The second-order valence-electron chi connectivity index (χ2n) is 3.84. The molecule has 0 aliphatic heterocycles. The Balaban J connectivity index is 2.46. The molecule has 0 amide bonds. The van der Waals surface area contributed by atoms with Gasteiger partial charge in [-0.2, -0.15) is 10.1 Å². The summed E-state index contributed by atoms with van der Waals surface area (Å²) in [7, 11) is 0. The van der Waals surface area contributed by atoms with Gasteiger partial charge in [-0.25, -0.2) is 4.68 Å². The zero-order valence-corrected chi connectivity index (χ0v) is 10.3. The lowest BCUT2D eigenvalue weighted by molar-refractivity contribution is 0.328. The van der Waals surface area contributed by atoms with Crippen LogP contribution in [0.3, 0.4) is 0 Å². The Bertz CT molecular complexity index is 533. The maximum Gasteiger partial charge on any atom is 0.239 e. The Kier molecular flexibility index (Phi) is 2.99. The standard InChI is InChI=1S/C12H16N4O/c1-4-17-12-10(13)5-6-11(14-12)16-9(3)7-8(2)15-16/h5-7H,4,13H2,1-3H3. The van der Waals surface area contributed by atoms with Gasteiger partial charge in [0.25, 0.3) is 0 Å². The van der Waals surface area contributed by atoms with Gasteiger partial charge in [0.15, 0.2) is 5.82 Å². The molecule has 2 aromatic rings. The third-order valence-electron chi connectivity index (χ3n) is 2.38. The molecule has 0 aliphatic rings. The van der Waals surface area contributed by atoms with Gasteiger partial charge in [-0.05, 0) is 39.0 Å². The molecule has 0 radical (unpaired) electrons. The van der Waals surface area contributed by atoms with E-state index in [0.29, 0.717) is 24.0 Å².